The van der Waals surface area contributed by atoms with Crippen molar-refractivity contribution in [1.29, 1.82) is 0 Å². The van der Waals surface area contributed by atoms with Gasteiger partial charge in [0.2, 0.25) is 5.13 Å². The number of aromatic amines is 1. The van der Waals surface area contributed by atoms with E-state index in [1.807, 2.05) is 12.3 Å². The van der Waals surface area contributed by atoms with Crippen LogP contribution in [0, 0.1) is 6.92 Å². The maximum Gasteiger partial charge on any atom is 0.289 e. The molecular weight excluding hydrogens is 336 g/mol. The van der Waals surface area contributed by atoms with E-state index in [1.54, 1.807) is 24.3 Å². The van der Waals surface area contributed by atoms with Crippen molar-refractivity contribution in [3.63, 3.8) is 0 Å². The van der Waals surface area contributed by atoms with Gasteiger partial charge in [0.25, 0.3) is 5.91 Å². The number of rotatable bonds is 4. The summed E-state index contributed by atoms with van der Waals surface area (Å²) in [7, 11) is 0. The van der Waals surface area contributed by atoms with Gasteiger partial charge in [-0.25, -0.2) is 4.98 Å². The van der Waals surface area contributed by atoms with E-state index in [2.05, 4.69) is 26.0 Å². The van der Waals surface area contributed by atoms with Gasteiger partial charge in [-0.3, -0.25) is 20.7 Å². The van der Waals surface area contributed by atoms with Crippen molar-refractivity contribution in [1.82, 2.24) is 20.6 Å². The Bertz CT molecular complexity index is 841. The minimum Gasteiger partial charge on any atom is -0.395 e. The Morgan fingerprint density at radius 1 is 1.35 bits per heavy atom. The first-order valence-electron chi connectivity index (χ1n) is 6.63. The molecule has 0 radical (unpaired) electrons. The molecule has 1 aromatic carbocycles. The topological polar surface area (TPSA) is 109 Å². The fourth-order valence-electron chi connectivity index (χ4n) is 1.94. The second kappa shape index (κ2) is 6.27. The number of carbonyl (C=O) groups excluding carboxylic acids is 1. The van der Waals surface area contributed by atoms with E-state index in [4.69, 9.17) is 17.3 Å². The monoisotopic (exact) mass is 348 g/mol. The predicted octanol–water partition coefficient (Wildman–Crippen LogP) is 2.83. The summed E-state index contributed by atoms with van der Waals surface area (Å²) in [6.07, 6.45) is 0. The molecule has 5 N–H and O–H groups in total. The molecule has 2 aromatic heterocycles. The Labute approximate surface area is 140 Å². The van der Waals surface area contributed by atoms with Crippen LogP contribution in [0.5, 0.6) is 0 Å². The Balaban J connectivity index is 1.75. The van der Waals surface area contributed by atoms with E-state index >= 15 is 0 Å². The van der Waals surface area contributed by atoms with Crippen LogP contribution in [0.4, 0.5) is 10.8 Å². The van der Waals surface area contributed by atoms with Gasteiger partial charge >= 0.3 is 0 Å². The van der Waals surface area contributed by atoms with Gasteiger partial charge in [0.15, 0.2) is 0 Å². The summed E-state index contributed by atoms with van der Waals surface area (Å²) >= 11 is 7.25. The highest BCUT2D eigenvalue weighted by Gasteiger charge is 2.18. The lowest BCUT2D eigenvalue weighted by Gasteiger charge is -2.04. The molecule has 7 nitrogen and oxygen atoms in total. The molecule has 23 heavy (non-hydrogen) atoms. The number of nitrogens with two attached hydrogens (primary N) is 1. The number of aromatic nitrogens is 3. The molecule has 0 aliphatic carbocycles. The minimum absolute atomic E-state index is 0.177. The fraction of sp³-hybridized carbons (Fsp3) is 0.0714. The van der Waals surface area contributed by atoms with Crippen molar-refractivity contribution in [2.45, 2.75) is 6.92 Å². The van der Waals surface area contributed by atoms with Crippen molar-refractivity contribution in [2.24, 2.45) is 0 Å². The van der Waals surface area contributed by atoms with Crippen LogP contribution in [0.15, 0.2) is 29.6 Å². The molecule has 118 valence electrons. The maximum absolute atomic E-state index is 12.2. The molecule has 0 aliphatic heterocycles. The molecule has 3 rings (SSSR count). The number of hydrazine groups is 1. The van der Waals surface area contributed by atoms with Crippen LogP contribution in [-0.4, -0.2) is 21.1 Å². The van der Waals surface area contributed by atoms with E-state index in [-0.39, 0.29) is 11.4 Å². The summed E-state index contributed by atoms with van der Waals surface area (Å²) in [4.78, 5) is 16.4. The molecule has 0 atom stereocenters. The number of amides is 1. The highest BCUT2D eigenvalue weighted by atomic mass is 35.5. The van der Waals surface area contributed by atoms with E-state index in [0.29, 0.717) is 15.8 Å². The smallest absolute Gasteiger partial charge is 0.289 e. The number of anilines is 2. The summed E-state index contributed by atoms with van der Waals surface area (Å²) in [6.45, 7) is 1.87. The molecule has 3 aromatic rings. The number of thiazole rings is 1. The van der Waals surface area contributed by atoms with E-state index in [1.165, 1.54) is 11.3 Å². The van der Waals surface area contributed by atoms with Crippen LogP contribution in [0.3, 0.4) is 0 Å². The molecule has 2 heterocycles. The van der Waals surface area contributed by atoms with E-state index in [9.17, 15) is 4.79 Å². The van der Waals surface area contributed by atoms with Gasteiger partial charge in [-0.1, -0.05) is 23.7 Å². The summed E-state index contributed by atoms with van der Waals surface area (Å²) < 4.78 is 0. The third-order valence-corrected chi connectivity index (χ3v) is 4.18. The summed E-state index contributed by atoms with van der Waals surface area (Å²) in [5.74, 6) is -0.428. The third-order valence-electron chi connectivity index (χ3n) is 3.05. The Morgan fingerprint density at radius 3 is 2.74 bits per heavy atom. The fourth-order valence-corrected chi connectivity index (χ4v) is 2.70. The molecule has 0 unspecified atom stereocenters. The van der Waals surface area contributed by atoms with E-state index < -0.39 is 5.91 Å². The van der Waals surface area contributed by atoms with Crippen molar-refractivity contribution < 1.29 is 4.79 Å². The lowest BCUT2D eigenvalue weighted by molar-refractivity contribution is 0.0958. The Kier molecular flexibility index (Phi) is 4.18. The van der Waals surface area contributed by atoms with Gasteiger partial charge < -0.3 is 5.73 Å². The van der Waals surface area contributed by atoms with Crippen LogP contribution < -0.4 is 16.6 Å². The van der Waals surface area contributed by atoms with Gasteiger partial charge in [-0.2, -0.15) is 5.10 Å². The first-order chi connectivity index (χ1) is 11.0. The predicted molar refractivity (Wildman–Crippen MR) is 91.4 cm³/mol. The third kappa shape index (κ3) is 3.27. The van der Waals surface area contributed by atoms with Crippen LogP contribution >= 0.6 is 22.9 Å². The zero-order valence-electron chi connectivity index (χ0n) is 12.1. The Hall–Kier alpha value is -2.58. The molecule has 0 saturated heterocycles. The second-order valence-corrected chi connectivity index (χ2v) is 6.04. The summed E-state index contributed by atoms with van der Waals surface area (Å²) in [5, 5.41) is 9.83. The molecule has 0 saturated carbocycles. The Morgan fingerprint density at radius 2 is 2.09 bits per heavy atom. The zero-order chi connectivity index (χ0) is 16.4. The van der Waals surface area contributed by atoms with Crippen molar-refractivity contribution >= 4 is 39.7 Å². The number of benzene rings is 1. The highest BCUT2D eigenvalue weighted by Crippen LogP contribution is 2.27. The molecule has 0 fully saturated rings. The number of hydrogen-bond acceptors (Lipinski definition) is 6. The van der Waals surface area contributed by atoms with Crippen molar-refractivity contribution in [3.8, 4) is 11.3 Å². The normalized spacial score (nSPS) is 10.5. The van der Waals surface area contributed by atoms with Gasteiger partial charge in [-0.05, 0) is 19.1 Å². The van der Waals surface area contributed by atoms with Crippen molar-refractivity contribution in [2.75, 3.05) is 11.2 Å². The molecule has 0 aliphatic rings. The quantitative estimate of drug-likeness (QED) is 0.542. The van der Waals surface area contributed by atoms with Crippen LogP contribution in [0.25, 0.3) is 11.3 Å². The van der Waals surface area contributed by atoms with Gasteiger partial charge in [0, 0.05) is 16.0 Å². The summed E-state index contributed by atoms with van der Waals surface area (Å²) in [5.41, 5.74) is 13.9. The second-order valence-electron chi connectivity index (χ2n) is 4.74. The number of hydrogen-bond donors (Lipinski definition) is 4. The first kappa shape index (κ1) is 15.3. The van der Waals surface area contributed by atoms with E-state index in [0.717, 1.165) is 11.3 Å². The van der Waals surface area contributed by atoms with Crippen molar-refractivity contribution in [3.05, 3.63) is 46.1 Å². The number of carbonyl (C=O) groups is 1. The number of nitrogens with zero attached hydrogens (tertiary/aromatic N) is 2. The minimum atomic E-state index is -0.428. The average Bonchev–Trinajstić information content (AvgIpc) is 3.12. The maximum atomic E-state index is 12.2. The molecule has 9 heteroatoms. The first-order valence-corrected chi connectivity index (χ1v) is 7.88. The number of halogens is 1. The van der Waals surface area contributed by atoms with Gasteiger partial charge in [0.05, 0.1) is 11.4 Å². The van der Waals surface area contributed by atoms with Gasteiger partial charge in [0.1, 0.15) is 11.4 Å². The van der Waals surface area contributed by atoms with Crippen LogP contribution in [0.2, 0.25) is 5.02 Å². The lowest BCUT2D eigenvalue weighted by Crippen LogP contribution is -2.30. The summed E-state index contributed by atoms with van der Waals surface area (Å²) in [6, 6.07) is 7.04. The largest absolute Gasteiger partial charge is 0.395 e. The van der Waals surface area contributed by atoms with Crippen LogP contribution in [0.1, 0.15) is 16.2 Å². The number of H-pyrrole nitrogens is 1. The molecule has 0 bridgehead atoms. The average molecular weight is 349 g/mol. The zero-order valence-corrected chi connectivity index (χ0v) is 13.6. The van der Waals surface area contributed by atoms with Gasteiger partial charge in [-0.15, -0.1) is 11.3 Å². The SMILES string of the molecule is Cc1csc(NNC(=O)c2[nH]nc(-c3ccc(Cl)cc3)c2N)n1. The molecule has 1 amide bonds. The van der Waals surface area contributed by atoms with Crippen LogP contribution in [-0.2, 0) is 0 Å². The number of aryl methyl sites for hydroxylation is 1. The number of nitrogen functional groups attached to an aromatic ring is 1. The molecule has 0 spiro atoms. The standard InChI is InChI=1S/C14H13ClN6OS/c1-7-6-23-14(17-7)21-20-13(22)12-10(16)11(18-19-12)8-2-4-9(15)5-3-8/h2-6H,16H2,1H3,(H,17,21)(H,18,19)(H,20,22). The lowest BCUT2D eigenvalue weighted by atomic mass is 10.1. The molecular formula is C14H13ClN6OS. The highest BCUT2D eigenvalue weighted by molar-refractivity contribution is 7.13. The number of nitrogens with one attached hydrogen (secondary N) is 3.